The first-order chi connectivity index (χ1) is 10.2. The van der Waals surface area contributed by atoms with Crippen LogP contribution in [0.3, 0.4) is 0 Å². The van der Waals surface area contributed by atoms with Crippen molar-refractivity contribution in [3.63, 3.8) is 0 Å². The average Bonchev–Trinajstić information content (AvgIpc) is 3.14. The van der Waals surface area contributed by atoms with Crippen LogP contribution in [0.25, 0.3) is 0 Å². The van der Waals surface area contributed by atoms with E-state index in [0.717, 1.165) is 51.2 Å². The number of hydrogen-bond donors (Lipinski definition) is 1. The van der Waals surface area contributed by atoms with Crippen LogP contribution in [0.5, 0.6) is 0 Å². The van der Waals surface area contributed by atoms with Gasteiger partial charge in [-0.05, 0) is 70.2 Å². The third kappa shape index (κ3) is 4.24. The van der Waals surface area contributed by atoms with Crippen LogP contribution in [-0.2, 0) is 4.79 Å². The molecule has 3 nitrogen and oxygen atoms in total. The summed E-state index contributed by atoms with van der Waals surface area (Å²) in [6.07, 6.45) is 6.58. The Balaban J connectivity index is 0.00000176. The maximum absolute atomic E-state index is 12.6. The number of piperidine rings is 1. The van der Waals surface area contributed by atoms with Crippen LogP contribution < -0.4 is 5.32 Å². The van der Waals surface area contributed by atoms with Gasteiger partial charge in [0.1, 0.15) is 0 Å². The molecule has 2 fully saturated rings. The van der Waals surface area contributed by atoms with Gasteiger partial charge in [0, 0.05) is 22.7 Å². The molecule has 2 aliphatic heterocycles. The number of rotatable bonds is 4. The monoisotopic (exact) mass is 342 g/mol. The first-order valence-corrected chi connectivity index (χ1v) is 9.12. The number of amides is 1. The molecule has 1 N–H and O–H groups in total. The fourth-order valence-corrected chi connectivity index (χ4v) is 4.66. The highest BCUT2D eigenvalue weighted by molar-refractivity contribution is 7.12. The van der Waals surface area contributed by atoms with Crippen LogP contribution in [0.2, 0.25) is 0 Å². The Bertz CT molecular complexity index is 485. The summed E-state index contributed by atoms with van der Waals surface area (Å²) in [5.41, 5.74) is 0. The molecule has 1 amide bonds. The Hall–Kier alpha value is -0.580. The van der Waals surface area contributed by atoms with Crippen molar-refractivity contribution in [1.29, 1.82) is 0 Å². The van der Waals surface area contributed by atoms with Crippen molar-refractivity contribution >= 4 is 29.7 Å². The zero-order chi connectivity index (χ0) is 14.7. The lowest BCUT2D eigenvalue weighted by Crippen LogP contribution is -2.32. The second-order valence-corrected chi connectivity index (χ2v) is 7.75. The average molecular weight is 343 g/mol. The molecule has 1 atom stereocenters. The van der Waals surface area contributed by atoms with E-state index in [1.807, 2.05) is 11.3 Å². The largest absolute Gasteiger partial charge is 0.335 e. The standard InChI is InChI=1S/C17H26N2OS.ClH/c1-13-4-6-16(21-13)15-3-2-12-19(15)17(20)7-5-14-8-10-18-11-9-14;/h4,6,14-15,18H,2-3,5,7-12H2,1H3;1H. The minimum absolute atomic E-state index is 0. The molecule has 0 spiro atoms. The van der Waals surface area contributed by atoms with E-state index in [1.165, 1.54) is 22.6 Å². The highest BCUT2D eigenvalue weighted by atomic mass is 35.5. The molecule has 0 aliphatic carbocycles. The number of aryl methyl sites for hydroxylation is 1. The number of likely N-dealkylation sites (tertiary alicyclic amines) is 1. The summed E-state index contributed by atoms with van der Waals surface area (Å²) in [5, 5.41) is 3.39. The summed E-state index contributed by atoms with van der Waals surface area (Å²) < 4.78 is 0. The summed E-state index contributed by atoms with van der Waals surface area (Å²) in [7, 11) is 0. The predicted molar refractivity (Wildman–Crippen MR) is 94.8 cm³/mol. The summed E-state index contributed by atoms with van der Waals surface area (Å²) in [4.78, 5) is 17.5. The molecule has 124 valence electrons. The van der Waals surface area contributed by atoms with Gasteiger partial charge in [-0.15, -0.1) is 23.7 Å². The van der Waals surface area contributed by atoms with Crippen LogP contribution in [-0.4, -0.2) is 30.4 Å². The lowest BCUT2D eigenvalue weighted by Gasteiger charge is -2.26. The zero-order valence-corrected chi connectivity index (χ0v) is 15.0. The number of nitrogens with one attached hydrogen (secondary N) is 1. The number of carbonyl (C=O) groups is 1. The van der Waals surface area contributed by atoms with Crippen molar-refractivity contribution in [1.82, 2.24) is 10.2 Å². The maximum atomic E-state index is 12.6. The van der Waals surface area contributed by atoms with Gasteiger partial charge >= 0.3 is 0 Å². The highest BCUT2D eigenvalue weighted by Gasteiger charge is 2.30. The molecule has 0 saturated carbocycles. The topological polar surface area (TPSA) is 32.3 Å². The van der Waals surface area contributed by atoms with Crippen molar-refractivity contribution in [2.24, 2.45) is 5.92 Å². The molecule has 1 aromatic rings. The molecule has 3 rings (SSSR count). The Morgan fingerprint density at radius 1 is 1.32 bits per heavy atom. The van der Waals surface area contributed by atoms with E-state index in [2.05, 4.69) is 29.3 Å². The Kier molecular flexibility index (Phi) is 6.72. The SMILES string of the molecule is Cc1ccc(C2CCCN2C(=O)CCC2CCNCC2)s1.Cl. The third-order valence-electron chi connectivity index (χ3n) is 4.89. The molecule has 0 bridgehead atoms. The van der Waals surface area contributed by atoms with Crippen molar-refractivity contribution in [3.05, 3.63) is 21.9 Å². The molecule has 1 unspecified atom stereocenters. The van der Waals surface area contributed by atoms with Crippen LogP contribution in [0.1, 0.15) is 54.3 Å². The second kappa shape index (κ2) is 8.32. The van der Waals surface area contributed by atoms with E-state index in [4.69, 9.17) is 0 Å². The van der Waals surface area contributed by atoms with E-state index in [1.54, 1.807) is 0 Å². The number of nitrogens with zero attached hydrogens (tertiary/aromatic N) is 1. The van der Waals surface area contributed by atoms with Crippen molar-refractivity contribution in [2.75, 3.05) is 19.6 Å². The van der Waals surface area contributed by atoms with Gasteiger partial charge in [-0.25, -0.2) is 0 Å². The molecule has 0 aromatic carbocycles. The Morgan fingerprint density at radius 3 is 2.77 bits per heavy atom. The van der Waals surface area contributed by atoms with E-state index >= 15 is 0 Å². The van der Waals surface area contributed by atoms with Crippen LogP contribution in [0.4, 0.5) is 0 Å². The number of carbonyl (C=O) groups excluding carboxylic acids is 1. The molecular formula is C17H27ClN2OS. The predicted octanol–water partition coefficient (Wildman–Crippen LogP) is 3.92. The fourth-order valence-electron chi connectivity index (χ4n) is 3.64. The number of thiophene rings is 1. The lowest BCUT2D eigenvalue weighted by atomic mass is 9.93. The van der Waals surface area contributed by atoms with Crippen LogP contribution in [0.15, 0.2) is 12.1 Å². The minimum atomic E-state index is 0. The van der Waals surface area contributed by atoms with Gasteiger partial charge in [0.05, 0.1) is 6.04 Å². The Labute approximate surface area is 143 Å². The van der Waals surface area contributed by atoms with E-state index in [-0.39, 0.29) is 12.4 Å². The molecule has 0 radical (unpaired) electrons. The van der Waals surface area contributed by atoms with Crippen molar-refractivity contribution < 1.29 is 4.79 Å². The molecular weight excluding hydrogens is 316 g/mol. The van der Waals surface area contributed by atoms with Gasteiger partial charge in [-0.3, -0.25) is 4.79 Å². The quantitative estimate of drug-likeness (QED) is 0.899. The number of hydrogen-bond acceptors (Lipinski definition) is 3. The van der Waals surface area contributed by atoms with Crippen molar-refractivity contribution in [2.45, 2.75) is 51.5 Å². The summed E-state index contributed by atoms with van der Waals surface area (Å²) in [6.45, 7) is 5.35. The smallest absolute Gasteiger partial charge is 0.223 e. The van der Waals surface area contributed by atoms with Crippen molar-refractivity contribution in [3.8, 4) is 0 Å². The first-order valence-electron chi connectivity index (χ1n) is 8.30. The minimum Gasteiger partial charge on any atom is -0.335 e. The van der Waals surface area contributed by atoms with E-state index in [0.29, 0.717) is 11.9 Å². The van der Waals surface area contributed by atoms with Crippen LogP contribution >= 0.6 is 23.7 Å². The van der Waals surface area contributed by atoms with E-state index in [9.17, 15) is 4.79 Å². The normalized spacial score (nSPS) is 22.6. The highest BCUT2D eigenvalue weighted by Crippen LogP contribution is 2.36. The van der Waals surface area contributed by atoms with Gasteiger partial charge in [-0.2, -0.15) is 0 Å². The first kappa shape index (κ1) is 17.8. The van der Waals surface area contributed by atoms with Gasteiger partial charge in [0.2, 0.25) is 5.91 Å². The van der Waals surface area contributed by atoms with Gasteiger partial charge in [-0.1, -0.05) is 0 Å². The second-order valence-electron chi connectivity index (χ2n) is 6.43. The third-order valence-corrected chi connectivity index (χ3v) is 5.99. The van der Waals surface area contributed by atoms with Gasteiger partial charge in [0.25, 0.3) is 0 Å². The van der Waals surface area contributed by atoms with E-state index < -0.39 is 0 Å². The molecule has 3 heterocycles. The summed E-state index contributed by atoms with van der Waals surface area (Å²) in [6, 6.07) is 4.74. The molecule has 5 heteroatoms. The number of halogens is 1. The summed E-state index contributed by atoms with van der Waals surface area (Å²) in [5.74, 6) is 1.13. The molecule has 22 heavy (non-hydrogen) atoms. The molecule has 1 aromatic heterocycles. The van der Waals surface area contributed by atoms with Crippen LogP contribution in [0, 0.1) is 12.8 Å². The molecule has 2 aliphatic rings. The van der Waals surface area contributed by atoms with Gasteiger partial charge < -0.3 is 10.2 Å². The Morgan fingerprint density at radius 2 is 2.09 bits per heavy atom. The molecule has 2 saturated heterocycles. The maximum Gasteiger partial charge on any atom is 0.223 e. The summed E-state index contributed by atoms with van der Waals surface area (Å²) >= 11 is 1.85. The lowest BCUT2D eigenvalue weighted by molar-refractivity contribution is -0.132. The van der Waals surface area contributed by atoms with Gasteiger partial charge in [0.15, 0.2) is 0 Å². The fraction of sp³-hybridized carbons (Fsp3) is 0.706. The zero-order valence-electron chi connectivity index (χ0n) is 13.3.